The van der Waals surface area contributed by atoms with Gasteiger partial charge in [0.15, 0.2) is 6.23 Å². The minimum absolute atomic E-state index is 0.0526. The number of aliphatic hydroxyl groups is 1. The van der Waals surface area contributed by atoms with Crippen molar-refractivity contribution in [3.63, 3.8) is 0 Å². The molecule has 2 aliphatic rings. The quantitative estimate of drug-likeness (QED) is 0.508. The highest BCUT2D eigenvalue weighted by atomic mass is 19.4. The highest BCUT2D eigenvalue weighted by Gasteiger charge is 2.38. The SMILES string of the molecule is CN(C)CCn1c(C(F)(F)F)nc2cc(Nc3ncc4c(n3)N(C3CCCC3)C(O)C(C#N)=C4)ccc21. The van der Waals surface area contributed by atoms with Crippen LogP contribution in [0.1, 0.15) is 37.1 Å². The zero-order valence-electron chi connectivity index (χ0n) is 20.5. The molecular weight excluding hydrogens is 485 g/mol. The lowest BCUT2D eigenvalue weighted by molar-refractivity contribution is -0.147. The Morgan fingerprint density at radius 2 is 1.97 bits per heavy atom. The highest BCUT2D eigenvalue weighted by Crippen LogP contribution is 2.37. The van der Waals surface area contributed by atoms with Gasteiger partial charge in [0, 0.05) is 36.6 Å². The van der Waals surface area contributed by atoms with Crippen LogP contribution in [0.15, 0.2) is 30.0 Å². The van der Waals surface area contributed by atoms with Crippen LogP contribution in [0, 0.1) is 11.3 Å². The Balaban J connectivity index is 1.48. The number of hydrogen-bond acceptors (Lipinski definition) is 8. The first-order valence-corrected chi connectivity index (χ1v) is 12.1. The van der Waals surface area contributed by atoms with Crippen LogP contribution in [0.3, 0.4) is 0 Å². The van der Waals surface area contributed by atoms with Crippen molar-refractivity contribution >= 4 is 34.6 Å². The summed E-state index contributed by atoms with van der Waals surface area (Å²) >= 11 is 0. The van der Waals surface area contributed by atoms with Gasteiger partial charge in [0.1, 0.15) is 5.82 Å². The van der Waals surface area contributed by atoms with Gasteiger partial charge >= 0.3 is 6.18 Å². The number of nitrogens with zero attached hydrogens (tertiary/aromatic N) is 7. The van der Waals surface area contributed by atoms with E-state index in [1.165, 1.54) is 10.6 Å². The van der Waals surface area contributed by atoms with E-state index in [2.05, 4.69) is 26.3 Å². The van der Waals surface area contributed by atoms with Crippen molar-refractivity contribution in [2.24, 2.45) is 0 Å². The van der Waals surface area contributed by atoms with E-state index in [9.17, 15) is 23.5 Å². The van der Waals surface area contributed by atoms with E-state index in [-0.39, 0.29) is 29.6 Å². The standard InChI is InChI=1S/C25H27F3N8O/c1-34(2)9-10-35-20-8-7-17(12-19(20)32-23(35)25(26,27)28)31-24-30-14-16-11-15(13-29)22(37)36(21(16)33-24)18-5-3-4-6-18/h7-8,11-12,14,18,22,37H,3-6,9-10H2,1-2H3,(H,30,31,33). The number of nitrogens with one attached hydrogen (secondary N) is 1. The Bertz CT molecular complexity index is 1390. The highest BCUT2D eigenvalue weighted by molar-refractivity contribution is 5.81. The number of hydrogen-bond donors (Lipinski definition) is 2. The number of aliphatic hydroxyl groups excluding tert-OH is 1. The molecule has 1 fully saturated rings. The Morgan fingerprint density at radius 1 is 1.22 bits per heavy atom. The van der Waals surface area contributed by atoms with Gasteiger partial charge in [-0.15, -0.1) is 0 Å². The fraction of sp³-hybridized carbons (Fsp3) is 0.440. The molecule has 3 heterocycles. The summed E-state index contributed by atoms with van der Waals surface area (Å²) in [6, 6.07) is 6.91. The molecule has 1 aliphatic carbocycles. The molecule has 5 rings (SSSR count). The summed E-state index contributed by atoms with van der Waals surface area (Å²) in [5, 5.41) is 23.4. The molecule has 2 aromatic heterocycles. The number of fused-ring (bicyclic) bond motifs is 2. The predicted octanol–water partition coefficient (Wildman–Crippen LogP) is 4.14. The van der Waals surface area contributed by atoms with E-state index < -0.39 is 18.2 Å². The topological polar surface area (TPSA) is 106 Å². The average molecular weight is 513 g/mol. The lowest BCUT2D eigenvalue weighted by atomic mass is 10.0. The molecule has 3 aromatic rings. The second kappa shape index (κ2) is 9.64. The zero-order chi connectivity index (χ0) is 26.3. The van der Waals surface area contributed by atoms with Gasteiger partial charge in [-0.25, -0.2) is 9.97 Å². The Hall–Kier alpha value is -3.69. The van der Waals surface area contributed by atoms with Crippen LogP contribution in [0.25, 0.3) is 17.1 Å². The molecule has 1 atom stereocenters. The summed E-state index contributed by atoms with van der Waals surface area (Å²) in [4.78, 5) is 16.4. The molecule has 0 amide bonds. The summed E-state index contributed by atoms with van der Waals surface area (Å²) in [5.41, 5.74) is 1.94. The van der Waals surface area contributed by atoms with Gasteiger partial charge in [-0.3, -0.25) is 0 Å². The van der Waals surface area contributed by atoms with Gasteiger partial charge in [-0.05, 0) is 51.2 Å². The normalized spacial score (nSPS) is 18.3. The van der Waals surface area contributed by atoms with Crippen LogP contribution < -0.4 is 10.2 Å². The van der Waals surface area contributed by atoms with Crippen LogP contribution in [0.4, 0.5) is 30.6 Å². The number of likely N-dealkylation sites (N-methyl/N-ethyl adjacent to an activating group) is 1. The number of nitriles is 1. The molecule has 37 heavy (non-hydrogen) atoms. The fourth-order valence-corrected chi connectivity index (χ4v) is 4.98. The summed E-state index contributed by atoms with van der Waals surface area (Å²) in [6.07, 6.45) is 1.32. The van der Waals surface area contributed by atoms with Crippen LogP contribution in [-0.4, -0.2) is 62.4 Å². The van der Waals surface area contributed by atoms with Crippen LogP contribution in [-0.2, 0) is 12.7 Å². The Labute approximate surface area is 211 Å². The molecule has 194 valence electrons. The second-order valence-electron chi connectivity index (χ2n) is 9.62. The van der Waals surface area contributed by atoms with Gasteiger partial charge in [-0.1, -0.05) is 12.8 Å². The van der Waals surface area contributed by atoms with E-state index in [0.717, 1.165) is 25.7 Å². The van der Waals surface area contributed by atoms with Gasteiger partial charge in [0.25, 0.3) is 0 Å². The monoisotopic (exact) mass is 512 g/mol. The third-order valence-corrected chi connectivity index (χ3v) is 6.77. The molecular formula is C25H27F3N8O. The van der Waals surface area contributed by atoms with E-state index >= 15 is 0 Å². The van der Waals surface area contributed by atoms with Crippen LogP contribution in [0.2, 0.25) is 0 Å². The van der Waals surface area contributed by atoms with E-state index in [4.69, 9.17) is 0 Å². The van der Waals surface area contributed by atoms with Gasteiger partial charge < -0.3 is 24.8 Å². The van der Waals surface area contributed by atoms with Crippen molar-refractivity contribution in [3.05, 3.63) is 41.4 Å². The molecule has 12 heteroatoms. The molecule has 0 radical (unpaired) electrons. The van der Waals surface area contributed by atoms with Crippen LogP contribution >= 0.6 is 0 Å². The Kier molecular flexibility index (Phi) is 6.51. The molecule has 0 spiro atoms. The summed E-state index contributed by atoms with van der Waals surface area (Å²) in [5.74, 6) is -0.192. The number of anilines is 3. The second-order valence-corrected chi connectivity index (χ2v) is 9.62. The molecule has 1 aliphatic heterocycles. The molecule has 2 N–H and O–H groups in total. The molecule has 0 bridgehead atoms. The number of benzene rings is 1. The lowest BCUT2D eigenvalue weighted by Gasteiger charge is -2.37. The van der Waals surface area contributed by atoms with Gasteiger partial charge in [0.05, 0.1) is 22.7 Å². The molecule has 9 nitrogen and oxygen atoms in total. The first kappa shape index (κ1) is 25.0. The number of imidazole rings is 1. The molecule has 1 unspecified atom stereocenters. The number of alkyl halides is 3. The largest absolute Gasteiger partial charge is 0.449 e. The summed E-state index contributed by atoms with van der Waals surface area (Å²) < 4.78 is 42.2. The number of halogens is 3. The average Bonchev–Trinajstić information content (AvgIpc) is 3.50. The van der Waals surface area contributed by atoms with Gasteiger partial charge in [-0.2, -0.15) is 23.4 Å². The Morgan fingerprint density at radius 3 is 2.65 bits per heavy atom. The van der Waals surface area contributed by atoms with Crippen LogP contribution in [0.5, 0.6) is 0 Å². The number of aromatic nitrogens is 4. The maximum Gasteiger partial charge on any atom is 0.449 e. The minimum atomic E-state index is -4.58. The van der Waals surface area contributed by atoms with Gasteiger partial charge in [0.2, 0.25) is 11.8 Å². The fourth-order valence-electron chi connectivity index (χ4n) is 4.98. The maximum atomic E-state index is 13.7. The predicted molar refractivity (Wildman–Crippen MR) is 133 cm³/mol. The third kappa shape index (κ3) is 4.84. The van der Waals surface area contributed by atoms with Crippen molar-refractivity contribution in [1.82, 2.24) is 24.4 Å². The molecule has 0 saturated heterocycles. The zero-order valence-corrected chi connectivity index (χ0v) is 20.5. The van der Waals surface area contributed by atoms with E-state index in [0.29, 0.717) is 29.1 Å². The van der Waals surface area contributed by atoms with Crippen molar-refractivity contribution < 1.29 is 18.3 Å². The van der Waals surface area contributed by atoms with E-state index in [1.807, 2.05) is 4.90 Å². The van der Waals surface area contributed by atoms with Crippen molar-refractivity contribution in [3.8, 4) is 6.07 Å². The summed E-state index contributed by atoms with van der Waals surface area (Å²) in [7, 11) is 3.60. The smallest absolute Gasteiger partial charge is 0.369 e. The number of rotatable bonds is 6. The molecule has 1 saturated carbocycles. The van der Waals surface area contributed by atoms with Crippen molar-refractivity contribution in [1.29, 1.82) is 5.26 Å². The lowest BCUT2D eigenvalue weighted by Crippen LogP contribution is -2.45. The van der Waals surface area contributed by atoms with E-state index in [1.54, 1.807) is 43.4 Å². The van der Waals surface area contributed by atoms with Crippen molar-refractivity contribution in [2.45, 2.75) is 50.7 Å². The summed E-state index contributed by atoms with van der Waals surface area (Å²) in [6.45, 7) is 0.583. The first-order chi connectivity index (χ1) is 17.7. The minimum Gasteiger partial charge on any atom is -0.369 e. The molecule has 1 aromatic carbocycles. The maximum absolute atomic E-state index is 13.7. The third-order valence-electron chi connectivity index (χ3n) is 6.77. The van der Waals surface area contributed by atoms with Crippen molar-refractivity contribution in [2.75, 3.05) is 30.9 Å². The first-order valence-electron chi connectivity index (χ1n) is 12.1.